The second-order valence-electron chi connectivity index (χ2n) is 3.20. The van der Waals surface area contributed by atoms with Crippen LogP contribution >= 0.6 is 0 Å². The van der Waals surface area contributed by atoms with E-state index in [0.717, 1.165) is 11.5 Å². The topological polar surface area (TPSA) is 9.23 Å². The minimum atomic E-state index is 0.818. The first-order valence-electron chi connectivity index (χ1n) is 4.96. The number of rotatable bonds is 4. The quantitative estimate of drug-likeness (QED) is 0.408. The SMILES string of the molecule is Bc1ccc(OC(/C=C\C=C)=C/C)cc1. The molecule has 0 saturated heterocycles. The Morgan fingerprint density at radius 1 is 1.33 bits per heavy atom. The van der Waals surface area contributed by atoms with Crippen LogP contribution in [0.15, 0.2) is 60.9 Å². The van der Waals surface area contributed by atoms with Gasteiger partial charge in [-0.05, 0) is 31.2 Å². The van der Waals surface area contributed by atoms with E-state index in [4.69, 9.17) is 4.74 Å². The fourth-order valence-corrected chi connectivity index (χ4v) is 1.09. The average Bonchev–Trinajstić information content (AvgIpc) is 2.27. The van der Waals surface area contributed by atoms with E-state index >= 15 is 0 Å². The Kier molecular flexibility index (Phi) is 4.49. The lowest BCUT2D eigenvalue weighted by Gasteiger charge is -2.05. The minimum absolute atomic E-state index is 0.818. The van der Waals surface area contributed by atoms with Crippen LogP contribution in [-0.2, 0) is 0 Å². The lowest BCUT2D eigenvalue weighted by atomic mass is 9.97. The molecule has 0 aliphatic carbocycles. The van der Waals surface area contributed by atoms with Crippen LogP contribution in [0.3, 0.4) is 0 Å². The summed E-state index contributed by atoms with van der Waals surface area (Å²) in [5.41, 5.74) is 1.23. The summed E-state index contributed by atoms with van der Waals surface area (Å²) in [7, 11) is 2.05. The smallest absolute Gasteiger partial charge is 0.139 e. The van der Waals surface area contributed by atoms with Crippen molar-refractivity contribution in [1.29, 1.82) is 0 Å². The maximum Gasteiger partial charge on any atom is 0.139 e. The molecule has 0 spiro atoms. The fourth-order valence-electron chi connectivity index (χ4n) is 1.09. The highest BCUT2D eigenvalue weighted by molar-refractivity contribution is 6.32. The standard InChI is InChI=1S/C13H15BO/c1-3-5-6-12(4-2)15-13-9-7-11(14)8-10-13/h3-10H,1,14H2,2H3/b6-5-,12-4+. The molecule has 0 bridgehead atoms. The van der Waals surface area contributed by atoms with Gasteiger partial charge in [-0.15, -0.1) is 0 Å². The van der Waals surface area contributed by atoms with Gasteiger partial charge in [-0.2, -0.15) is 0 Å². The van der Waals surface area contributed by atoms with E-state index in [1.807, 2.05) is 49.4 Å². The third-order valence-electron chi connectivity index (χ3n) is 1.94. The predicted molar refractivity (Wildman–Crippen MR) is 68.3 cm³/mol. The molecule has 0 saturated carbocycles. The van der Waals surface area contributed by atoms with Gasteiger partial charge in [0.05, 0.1) is 0 Å². The largest absolute Gasteiger partial charge is 0.458 e. The van der Waals surface area contributed by atoms with Crippen molar-refractivity contribution in [2.75, 3.05) is 0 Å². The molecular weight excluding hydrogens is 183 g/mol. The summed E-state index contributed by atoms with van der Waals surface area (Å²) in [5, 5.41) is 0. The highest BCUT2D eigenvalue weighted by Gasteiger charge is 1.94. The van der Waals surface area contributed by atoms with Gasteiger partial charge in [0, 0.05) is 0 Å². The van der Waals surface area contributed by atoms with E-state index in [1.54, 1.807) is 6.08 Å². The lowest BCUT2D eigenvalue weighted by molar-refractivity contribution is 0.443. The third-order valence-corrected chi connectivity index (χ3v) is 1.94. The van der Waals surface area contributed by atoms with E-state index in [9.17, 15) is 0 Å². The summed E-state index contributed by atoms with van der Waals surface area (Å²) in [4.78, 5) is 0. The molecular formula is C13H15BO. The first-order chi connectivity index (χ1) is 7.26. The van der Waals surface area contributed by atoms with Crippen molar-refractivity contribution in [1.82, 2.24) is 0 Å². The van der Waals surface area contributed by atoms with Gasteiger partial charge in [0.25, 0.3) is 0 Å². The summed E-state index contributed by atoms with van der Waals surface area (Å²) in [6.07, 6.45) is 7.37. The van der Waals surface area contributed by atoms with Crippen LogP contribution in [0.25, 0.3) is 0 Å². The van der Waals surface area contributed by atoms with E-state index in [-0.39, 0.29) is 0 Å². The summed E-state index contributed by atoms with van der Waals surface area (Å²) >= 11 is 0. The Labute approximate surface area is 92.2 Å². The van der Waals surface area contributed by atoms with Gasteiger partial charge in [-0.3, -0.25) is 0 Å². The fraction of sp³-hybridized carbons (Fsp3) is 0.0769. The zero-order chi connectivity index (χ0) is 11.1. The molecule has 0 aromatic heterocycles. The van der Waals surface area contributed by atoms with Crippen molar-refractivity contribution in [2.24, 2.45) is 0 Å². The van der Waals surface area contributed by atoms with Crippen molar-refractivity contribution in [2.45, 2.75) is 6.92 Å². The molecule has 15 heavy (non-hydrogen) atoms. The summed E-state index contributed by atoms with van der Waals surface area (Å²) < 4.78 is 5.65. The van der Waals surface area contributed by atoms with Crippen LogP contribution in [0, 0.1) is 0 Å². The van der Waals surface area contributed by atoms with Gasteiger partial charge >= 0.3 is 0 Å². The van der Waals surface area contributed by atoms with Crippen LogP contribution in [0.4, 0.5) is 0 Å². The number of hydrogen-bond acceptors (Lipinski definition) is 1. The van der Waals surface area contributed by atoms with Gasteiger partial charge in [0.1, 0.15) is 19.4 Å². The number of benzene rings is 1. The van der Waals surface area contributed by atoms with Crippen LogP contribution < -0.4 is 10.2 Å². The van der Waals surface area contributed by atoms with Gasteiger partial charge in [0.15, 0.2) is 0 Å². The molecule has 0 heterocycles. The zero-order valence-corrected chi connectivity index (χ0v) is 9.23. The Hall–Kier alpha value is -1.70. The molecule has 1 nitrogen and oxygen atoms in total. The van der Waals surface area contributed by atoms with Crippen molar-refractivity contribution in [3.05, 3.63) is 60.9 Å². The van der Waals surface area contributed by atoms with Gasteiger partial charge in [-0.25, -0.2) is 0 Å². The molecule has 2 heteroatoms. The first kappa shape index (κ1) is 11.4. The molecule has 1 aromatic rings. The maximum atomic E-state index is 5.65. The molecule has 0 aliphatic rings. The summed E-state index contributed by atoms with van der Waals surface area (Å²) in [6, 6.07) is 7.97. The van der Waals surface area contributed by atoms with Crippen molar-refractivity contribution in [3.8, 4) is 5.75 Å². The molecule has 0 atom stereocenters. The van der Waals surface area contributed by atoms with Crippen molar-refractivity contribution in [3.63, 3.8) is 0 Å². The highest BCUT2D eigenvalue weighted by Crippen LogP contribution is 2.12. The Morgan fingerprint density at radius 3 is 2.53 bits per heavy atom. The molecule has 0 aliphatic heterocycles. The van der Waals surface area contributed by atoms with Gasteiger partial charge < -0.3 is 4.74 Å². The summed E-state index contributed by atoms with van der Waals surface area (Å²) in [5.74, 6) is 1.67. The molecule has 0 N–H and O–H groups in total. The van der Waals surface area contributed by atoms with Crippen LogP contribution in [-0.4, -0.2) is 7.85 Å². The van der Waals surface area contributed by atoms with Gasteiger partial charge in [-0.1, -0.05) is 36.3 Å². The molecule has 1 aromatic carbocycles. The van der Waals surface area contributed by atoms with E-state index < -0.39 is 0 Å². The lowest BCUT2D eigenvalue weighted by Crippen LogP contribution is -2.00. The Bertz CT molecular complexity index is 374. The molecule has 0 radical (unpaired) electrons. The number of ether oxygens (including phenoxy) is 1. The maximum absolute atomic E-state index is 5.65. The third kappa shape index (κ3) is 3.90. The van der Waals surface area contributed by atoms with E-state index in [2.05, 4.69) is 14.4 Å². The molecule has 0 amide bonds. The second-order valence-corrected chi connectivity index (χ2v) is 3.20. The van der Waals surface area contributed by atoms with Crippen molar-refractivity contribution >= 4 is 13.3 Å². The van der Waals surface area contributed by atoms with Crippen LogP contribution in [0.5, 0.6) is 5.75 Å². The summed E-state index contributed by atoms with van der Waals surface area (Å²) in [6.45, 7) is 5.56. The second kappa shape index (κ2) is 5.92. The Morgan fingerprint density at radius 2 is 2.00 bits per heavy atom. The Balaban J connectivity index is 2.71. The van der Waals surface area contributed by atoms with E-state index in [1.165, 1.54) is 5.46 Å². The monoisotopic (exact) mass is 198 g/mol. The first-order valence-corrected chi connectivity index (χ1v) is 4.96. The highest BCUT2D eigenvalue weighted by atomic mass is 16.5. The van der Waals surface area contributed by atoms with E-state index in [0.29, 0.717) is 0 Å². The normalized spacial score (nSPS) is 11.7. The molecule has 1 rings (SSSR count). The van der Waals surface area contributed by atoms with Crippen LogP contribution in [0.2, 0.25) is 0 Å². The number of hydrogen-bond donors (Lipinski definition) is 0. The van der Waals surface area contributed by atoms with Gasteiger partial charge in [0.2, 0.25) is 0 Å². The average molecular weight is 198 g/mol. The molecule has 0 fully saturated rings. The molecule has 0 unspecified atom stereocenters. The number of allylic oxidation sites excluding steroid dienone is 4. The van der Waals surface area contributed by atoms with Crippen molar-refractivity contribution < 1.29 is 4.74 Å². The minimum Gasteiger partial charge on any atom is -0.458 e. The van der Waals surface area contributed by atoms with Crippen LogP contribution in [0.1, 0.15) is 6.92 Å². The zero-order valence-electron chi connectivity index (χ0n) is 9.23. The predicted octanol–water partition coefficient (Wildman–Crippen LogP) is 1.97. The molecule has 76 valence electrons.